The predicted octanol–water partition coefficient (Wildman–Crippen LogP) is 4.81. The molecule has 7 nitrogen and oxygen atoms in total. The van der Waals surface area contributed by atoms with Gasteiger partial charge in [-0.3, -0.25) is 19.1 Å². The molecule has 1 aromatic carbocycles. The monoisotopic (exact) mass is 557 g/mol. The molecule has 2 atom stereocenters. The number of pyridine rings is 3. The number of nitrogens with one attached hydrogen (secondary N) is 1. The van der Waals surface area contributed by atoms with E-state index in [1.165, 1.54) is 41.1 Å². The summed E-state index contributed by atoms with van der Waals surface area (Å²) in [5.41, 5.74) is 1.66. The van der Waals surface area contributed by atoms with Crippen molar-refractivity contribution in [2.24, 2.45) is 0 Å². The van der Waals surface area contributed by atoms with Gasteiger partial charge in [0, 0.05) is 35.5 Å². The smallest absolute Gasteiger partial charge is 0.274 e. The number of aryl methyl sites for hydroxylation is 2. The first-order valence-electron chi connectivity index (χ1n) is 11.6. The zero-order valence-electron chi connectivity index (χ0n) is 20.6. The van der Waals surface area contributed by atoms with Crippen molar-refractivity contribution in [3.63, 3.8) is 0 Å². The molecule has 1 saturated carbocycles. The van der Waals surface area contributed by atoms with Crippen LogP contribution in [0.4, 0.5) is 8.78 Å². The number of halogens is 3. The normalized spacial score (nSPS) is 17.0. The summed E-state index contributed by atoms with van der Waals surface area (Å²) < 4.78 is 54.2. The molecule has 3 heterocycles. The molecule has 38 heavy (non-hydrogen) atoms. The van der Waals surface area contributed by atoms with Crippen molar-refractivity contribution in [3.8, 4) is 16.9 Å². The van der Waals surface area contributed by atoms with E-state index in [0.717, 1.165) is 12.5 Å². The van der Waals surface area contributed by atoms with Crippen LogP contribution in [-0.2, 0) is 9.84 Å². The van der Waals surface area contributed by atoms with Crippen molar-refractivity contribution < 1.29 is 17.2 Å². The number of hydrogen-bond donors (Lipinski definition) is 1. The lowest BCUT2D eigenvalue weighted by molar-refractivity contribution is 0.572. The van der Waals surface area contributed by atoms with E-state index in [4.69, 9.17) is 11.6 Å². The number of hydrogen-bond acceptors (Lipinski definition) is 5. The molecule has 0 radical (unpaired) electrons. The maximum Gasteiger partial charge on any atom is 0.274 e. The molecule has 0 bridgehead atoms. The number of aromatic amines is 1. The fraction of sp³-hybridized carbons (Fsp3) is 0.222. The number of aromatic nitrogens is 3. The van der Waals surface area contributed by atoms with E-state index in [0.29, 0.717) is 34.5 Å². The predicted molar refractivity (Wildman–Crippen MR) is 140 cm³/mol. The standard InChI is InChI=1S/C27H22ClF2N3O4S/c1-13-11-31-21(16-5-4-6-23(25(16)30)38(3,36)37)10-22(13)33-14(2)7-19(24(28)27(33)35)17-9-18(17)20-8-15(29)12-32-26(20)34/h4-8,10-12,17-18H,9H2,1-3H3,(H,32,34)/t17-,18-/m0/s1. The van der Waals surface area contributed by atoms with Crippen LogP contribution in [0.5, 0.6) is 0 Å². The third-order valence-electron chi connectivity index (χ3n) is 6.80. The number of benzene rings is 1. The van der Waals surface area contributed by atoms with Crippen molar-refractivity contribution in [2.75, 3.05) is 6.26 Å². The lowest BCUT2D eigenvalue weighted by Crippen LogP contribution is -2.23. The summed E-state index contributed by atoms with van der Waals surface area (Å²) in [6, 6.07) is 8.49. The second-order valence-corrected chi connectivity index (χ2v) is 11.9. The summed E-state index contributed by atoms with van der Waals surface area (Å²) in [4.78, 5) is 31.9. The molecule has 4 aromatic rings. The minimum Gasteiger partial charge on any atom is -0.326 e. The fourth-order valence-corrected chi connectivity index (χ4v) is 5.87. The molecule has 0 spiro atoms. The van der Waals surface area contributed by atoms with Gasteiger partial charge in [0.2, 0.25) is 0 Å². The minimum absolute atomic E-state index is 0.0243. The Morgan fingerprint density at radius 1 is 1.08 bits per heavy atom. The van der Waals surface area contributed by atoms with Crippen LogP contribution in [0, 0.1) is 25.5 Å². The van der Waals surface area contributed by atoms with E-state index in [-0.39, 0.29) is 33.7 Å². The molecule has 1 aliphatic carbocycles. The zero-order chi connectivity index (χ0) is 27.5. The van der Waals surface area contributed by atoms with Gasteiger partial charge in [-0.2, -0.15) is 0 Å². The molecule has 1 N–H and O–H groups in total. The second-order valence-electron chi connectivity index (χ2n) is 9.49. The van der Waals surface area contributed by atoms with Gasteiger partial charge in [0.1, 0.15) is 15.7 Å². The molecule has 196 valence electrons. The number of rotatable bonds is 5. The lowest BCUT2D eigenvalue weighted by atomic mass is 10.0. The molecule has 1 aliphatic rings. The number of sulfone groups is 1. The average molecular weight is 558 g/mol. The lowest BCUT2D eigenvalue weighted by Gasteiger charge is -2.17. The largest absolute Gasteiger partial charge is 0.326 e. The van der Waals surface area contributed by atoms with E-state index < -0.39 is 31.9 Å². The molecular weight excluding hydrogens is 536 g/mol. The Hall–Kier alpha value is -3.63. The third kappa shape index (κ3) is 4.48. The SMILES string of the molecule is Cc1cnc(-c2cccc(S(C)(=O)=O)c2F)cc1-n1c(C)cc([C@H]2C[C@@H]2c2cc(F)c[nH]c2=O)c(Cl)c1=O. The quantitative estimate of drug-likeness (QED) is 0.379. The van der Waals surface area contributed by atoms with Gasteiger partial charge in [0.15, 0.2) is 15.7 Å². The highest BCUT2D eigenvalue weighted by atomic mass is 35.5. The van der Waals surface area contributed by atoms with Gasteiger partial charge in [-0.15, -0.1) is 0 Å². The summed E-state index contributed by atoms with van der Waals surface area (Å²) in [6.45, 7) is 3.45. The fourth-order valence-electron chi connectivity index (χ4n) is 4.83. The summed E-state index contributed by atoms with van der Waals surface area (Å²) in [6.07, 6.45) is 3.93. The Morgan fingerprint density at radius 2 is 1.79 bits per heavy atom. The maximum atomic E-state index is 15.1. The topological polar surface area (TPSA) is 102 Å². The van der Waals surface area contributed by atoms with Crippen molar-refractivity contribution in [1.29, 1.82) is 0 Å². The van der Waals surface area contributed by atoms with Crippen molar-refractivity contribution in [3.05, 3.63) is 109 Å². The van der Waals surface area contributed by atoms with Crippen molar-refractivity contribution in [2.45, 2.75) is 37.0 Å². The highest BCUT2D eigenvalue weighted by Crippen LogP contribution is 2.55. The van der Waals surface area contributed by atoms with E-state index >= 15 is 4.39 Å². The van der Waals surface area contributed by atoms with Crippen LogP contribution < -0.4 is 11.1 Å². The Morgan fingerprint density at radius 3 is 2.50 bits per heavy atom. The molecule has 0 amide bonds. The van der Waals surface area contributed by atoms with E-state index in [2.05, 4.69) is 9.97 Å². The molecule has 0 unspecified atom stereocenters. The highest BCUT2D eigenvalue weighted by Gasteiger charge is 2.43. The minimum atomic E-state index is -3.81. The van der Waals surface area contributed by atoms with Crippen molar-refractivity contribution in [1.82, 2.24) is 14.5 Å². The first kappa shape index (κ1) is 26.0. The van der Waals surface area contributed by atoms with Crippen LogP contribution in [0.1, 0.15) is 40.6 Å². The van der Waals surface area contributed by atoms with Gasteiger partial charge in [-0.1, -0.05) is 17.7 Å². The van der Waals surface area contributed by atoms with Crippen LogP contribution in [0.25, 0.3) is 16.9 Å². The highest BCUT2D eigenvalue weighted by molar-refractivity contribution is 7.90. The first-order chi connectivity index (χ1) is 17.9. The molecular formula is C27H22ClF2N3O4S. The molecule has 0 saturated heterocycles. The van der Waals surface area contributed by atoms with Crippen LogP contribution in [-0.4, -0.2) is 29.2 Å². The van der Waals surface area contributed by atoms with Gasteiger partial charge in [0.05, 0.1) is 11.4 Å². The van der Waals surface area contributed by atoms with Crippen LogP contribution in [0.2, 0.25) is 5.02 Å². The second kappa shape index (κ2) is 9.28. The Bertz CT molecular complexity index is 1850. The molecule has 3 aromatic heterocycles. The summed E-state index contributed by atoms with van der Waals surface area (Å²) in [5.74, 6) is -1.96. The van der Waals surface area contributed by atoms with Gasteiger partial charge in [-0.25, -0.2) is 17.2 Å². The molecule has 5 rings (SSSR count). The molecule has 11 heteroatoms. The van der Waals surface area contributed by atoms with E-state index in [1.54, 1.807) is 19.9 Å². The average Bonchev–Trinajstić information content (AvgIpc) is 3.64. The number of H-pyrrole nitrogens is 1. The summed E-state index contributed by atoms with van der Waals surface area (Å²) >= 11 is 6.55. The van der Waals surface area contributed by atoms with Gasteiger partial charge < -0.3 is 4.98 Å². The van der Waals surface area contributed by atoms with Gasteiger partial charge in [-0.05, 0) is 73.6 Å². The van der Waals surface area contributed by atoms with Gasteiger partial charge >= 0.3 is 0 Å². The Labute approximate surface area is 221 Å². The summed E-state index contributed by atoms with van der Waals surface area (Å²) in [5, 5.41) is -0.0288. The van der Waals surface area contributed by atoms with Gasteiger partial charge in [0.25, 0.3) is 11.1 Å². The van der Waals surface area contributed by atoms with E-state index in [9.17, 15) is 22.4 Å². The number of nitrogens with zero attached hydrogens (tertiary/aromatic N) is 2. The first-order valence-corrected chi connectivity index (χ1v) is 13.9. The summed E-state index contributed by atoms with van der Waals surface area (Å²) in [7, 11) is -3.81. The molecule has 0 aliphatic heterocycles. The third-order valence-corrected chi connectivity index (χ3v) is 8.30. The van der Waals surface area contributed by atoms with Crippen LogP contribution in [0.15, 0.2) is 63.3 Å². The van der Waals surface area contributed by atoms with Crippen molar-refractivity contribution >= 4 is 21.4 Å². The maximum absolute atomic E-state index is 15.1. The molecule has 1 fully saturated rings. The van der Waals surface area contributed by atoms with Crippen LogP contribution >= 0.6 is 11.6 Å². The Balaban J connectivity index is 1.58. The van der Waals surface area contributed by atoms with E-state index in [1.807, 2.05) is 0 Å². The Kier molecular flexibility index (Phi) is 6.35. The van der Waals surface area contributed by atoms with Crippen LogP contribution in [0.3, 0.4) is 0 Å². The zero-order valence-corrected chi connectivity index (χ0v) is 22.1.